The van der Waals surface area contributed by atoms with E-state index in [9.17, 15) is 10.1 Å². The van der Waals surface area contributed by atoms with Gasteiger partial charge in [-0.15, -0.1) is 0 Å². The molecule has 1 aromatic carbocycles. The number of hydrogen-bond donors (Lipinski definition) is 1. The summed E-state index contributed by atoms with van der Waals surface area (Å²) in [6.45, 7) is 8.77. The van der Waals surface area contributed by atoms with Crippen molar-refractivity contribution < 1.29 is 32.9 Å². The first-order valence-corrected chi connectivity index (χ1v) is 12.1. The molecule has 3 aromatic rings. The average Bonchev–Trinajstić information content (AvgIpc) is 3.29. The van der Waals surface area contributed by atoms with Gasteiger partial charge in [-0.05, 0) is 51.1 Å². The molecule has 2 aromatic heterocycles. The predicted octanol–water partition coefficient (Wildman–Crippen LogP) is 4.32. The van der Waals surface area contributed by atoms with Crippen LogP contribution in [0.5, 0.6) is 5.75 Å². The molecule has 10 nitrogen and oxygen atoms in total. The van der Waals surface area contributed by atoms with Crippen LogP contribution >= 0.6 is 0 Å². The lowest BCUT2D eigenvalue weighted by molar-refractivity contribution is 0.00905. The van der Waals surface area contributed by atoms with E-state index in [-0.39, 0.29) is 0 Å². The summed E-state index contributed by atoms with van der Waals surface area (Å²) in [5.74, 6) is 1.31. The van der Waals surface area contributed by atoms with Gasteiger partial charge in [-0.3, -0.25) is 4.98 Å². The maximum absolute atomic E-state index is 11.5. The number of carbonyl (C=O) groups is 1. The Bertz CT molecular complexity index is 1180. The minimum absolute atomic E-state index is 0.375. The van der Waals surface area contributed by atoms with Crippen LogP contribution in [0.1, 0.15) is 26.3 Å². The fraction of sp³-hybridized carbons (Fsp3) is 0.444. The summed E-state index contributed by atoms with van der Waals surface area (Å²) in [7, 11) is 0. The Balaban J connectivity index is 1.23. The van der Waals surface area contributed by atoms with E-state index < -0.39 is 11.7 Å². The molecule has 0 aliphatic heterocycles. The van der Waals surface area contributed by atoms with Crippen molar-refractivity contribution in [3.05, 3.63) is 48.3 Å². The fourth-order valence-corrected chi connectivity index (χ4v) is 3.24. The molecule has 3 rings (SSSR count). The van der Waals surface area contributed by atoms with E-state index in [1.807, 2.05) is 45.0 Å². The second-order valence-electron chi connectivity index (χ2n) is 8.96. The number of rotatable bonds is 14. The number of nitrogens with zero attached hydrogens (tertiary/aromatic N) is 2. The van der Waals surface area contributed by atoms with Gasteiger partial charge in [-0.2, -0.15) is 5.26 Å². The zero-order chi connectivity index (χ0) is 26.5. The summed E-state index contributed by atoms with van der Waals surface area (Å²) >= 11 is 0. The SMILES string of the molecule is CC(C)(C)OC(=O)NCCOCCOCCOCCOc1ccc2oc(-c3ccncc3C#N)cc2c1. The number of furan rings is 1. The van der Waals surface area contributed by atoms with E-state index in [0.717, 1.165) is 5.39 Å². The number of amides is 1. The Labute approximate surface area is 216 Å². The van der Waals surface area contributed by atoms with Crippen LogP contribution in [0, 0.1) is 11.3 Å². The third kappa shape index (κ3) is 9.73. The first-order valence-electron chi connectivity index (χ1n) is 12.1. The first kappa shape index (κ1) is 27.9. The van der Waals surface area contributed by atoms with Crippen LogP contribution < -0.4 is 10.1 Å². The Morgan fingerprint density at radius 3 is 2.41 bits per heavy atom. The Morgan fingerprint density at radius 2 is 1.70 bits per heavy atom. The van der Waals surface area contributed by atoms with Gasteiger partial charge in [0.05, 0.1) is 45.2 Å². The van der Waals surface area contributed by atoms with Crippen molar-refractivity contribution in [2.75, 3.05) is 52.8 Å². The van der Waals surface area contributed by atoms with E-state index >= 15 is 0 Å². The van der Waals surface area contributed by atoms with Crippen molar-refractivity contribution >= 4 is 17.1 Å². The van der Waals surface area contributed by atoms with Crippen molar-refractivity contribution in [3.63, 3.8) is 0 Å². The third-order valence-electron chi connectivity index (χ3n) is 4.85. The molecule has 198 valence electrons. The largest absolute Gasteiger partial charge is 0.491 e. The van der Waals surface area contributed by atoms with Crippen LogP contribution in [0.3, 0.4) is 0 Å². The summed E-state index contributed by atoms with van der Waals surface area (Å²) in [6, 6.07) is 11.3. The van der Waals surface area contributed by atoms with E-state index in [4.69, 9.17) is 28.1 Å². The van der Waals surface area contributed by atoms with E-state index in [1.165, 1.54) is 6.20 Å². The number of fused-ring (bicyclic) bond motifs is 1. The summed E-state index contributed by atoms with van der Waals surface area (Å²) in [5, 5.41) is 12.8. The molecule has 0 radical (unpaired) electrons. The normalized spacial score (nSPS) is 11.3. The number of hydrogen-bond acceptors (Lipinski definition) is 9. The second-order valence-corrected chi connectivity index (χ2v) is 8.96. The first-order chi connectivity index (χ1) is 17.9. The van der Waals surface area contributed by atoms with Gasteiger partial charge >= 0.3 is 6.09 Å². The van der Waals surface area contributed by atoms with Crippen molar-refractivity contribution in [2.45, 2.75) is 26.4 Å². The number of pyridine rings is 1. The molecular weight excluding hydrogens is 478 g/mol. The number of nitrogens with one attached hydrogen (secondary N) is 1. The standard InChI is InChI=1S/C27H33N3O7/c1-27(2,3)37-26(31)30-8-9-32-10-11-33-12-13-34-14-15-35-22-4-5-24-20(16-22)17-25(36-24)23-6-7-29-19-21(23)18-28/h4-7,16-17,19H,8-15H2,1-3H3,(H,30,31). The lowest BCUT2D eigenvalue weighted by Gasteiger charge is -2.19. The summed E-state index contributed by atoms with van der Waals surface area (Å²) in [4.78, 5) is 15.5. The molecular formula is C27H33N3O7. The fourth-order valence-electron chi connectivity index (χ4n) is 3.24. The smallest absolute Gasteiger partial charge is 0.407 e. The van der Waals surface area contributed by atoms with Crippen LogP contribution in [-0.4, -0.2) is 69.5 Å². The molecule has 0 aliphatic carbocycles. The maximum atomic E-state index is 11.5. The highest BCUT2D eigenvalue weighted by Crippen LogP contribution is 2.31. The lowest BCUT2D eigenvalue weighted by atomic mass is 10.1. The van der Waals surface area contributed by atoms with Crippen molar-refractivity contribution in [1.29, 1.82) is 5.26 Å². The second kappa shape index (κ2) is 14.2. The van der Waals surface area contributed by atoms with Crippen LogP contribution in [0.2, 0.25) is 0 Å². The van der Waals surface area contributed by atoms with Crippen molar-refractivity contribution in [2.24, 2.45) is 0 Å². The van der Waals surface area contributed by atoms with Crippen LogP contribution in [0.25, 0.3) is 22.3 Å². The van der Waals surface area contributed by atoms with Crippen LogP contribution in [0.15, 0.2) is 47.1 Å². The molecule has 1 amide bonds. The van der Waals surface area contributed by atoms with E-state index in [1.54, 1.807) is 12.3 Å². The van der Waals surface area contributed by atoms with Crippen LogP contribution in [-0.2, 0) is 18.9 Å². The molecule has 0 spiro atoms. The minimum atomic E-state index is -0.516. The maximum Gasteiger partial charge on any atom is 0.407 e. The number of nitriles is 1. The van der Waals surface area contributed by atoms with Crippen molar-refractivity contribution in [1.82, 2.24) is 10.3 Å². The number of ether oxygens (including phenoxy) is 5. The van der Waals surface area contributed by atoms with Gasteiger partial charge in [0.2, 0.25) is 0 Å². The lowest BCUT2D eigenvalue weighted by Crippen LogP contribution is -2.34. The molecule has 2 heterocycles. The molecule has 0 saturated heterocycles. The monoisotopic (exact) mass is 511 g/mol. The zero-order valence-corrected chi connectivity index (χ0v) is 21.5. The summed E-state index contributed by atoms with van der Waals surface area (Å²) in [6.07, 6.45) is 2.69. The molecule has 0 unspecified atom stereocenters. The molecule has 0 aliphatic rings. The molecule has 0 fully saturated rings. The minimum Gasteiger partial charge on any atom is -0.491 e. The Morgan fingerprint density at radius 1 is 1.00 bits per heavy atom. The zero-order valence-electron chi connectivity index (χ0n) is 21.5. The van der Waals surface area contributed by atoms with Gasteiger partial charge in [-0.25, -0.2) is 4.79 Å². The average molecular weight is 512 g/mol. The van der Waals surface area contributed by atoms with E-state index in [2.05, 4.69) is 16.4 Å². The number of aromatic nitrogens is 1. The van der Waals surface area contributed by atoms with Crippen LogP contribution in [0.4, 0.5) is 4.79 Å². The predicted molar refractivity (Wildman–Crippen MR) is 136 cm³/mol. The molecule has 0 bridgehead atoms. The Hall–Kier alpha value is -3.65. The molecule has 10 heteroatoms. The third-order valence-corrected chi connectivity index (χ3v) is 4.85. The highest BCUT2D eigenvalue weighted by Gasteiger charge is 2.15. The topological polar surface area (TPSA) is 125 Å². The van der Waals surface area contributed by atoms with E-state index in [0.29, 0.717) is 81.0 Å². The van der Waals surface area contributed by atoms with Gasteiger partial charge < -0.3 is 33.4 Å². The quantitative estimate of drug-likeness (QED) is 0.315. The molecule has 1 N–H and O–H groups in total. The summed E-state index contributed by atoms with van der Waals surface area (Å²) < 4.78 is 33.2. The molecule has 0 saturated carbocycles. The summed E-state index contributed by atoms with van der Waals surface area (Å²) in [5.41, 5.74) is 1.35. The number of benzene rings is 1. The van der Waals surface area contributed by atoms with Gasteiger partial charge in [0.15, 0.2) is 0 Å². The number of carbonyl (C=O) groups excluding carboxylic acids is 1. The van der Waals surface area contributed by atoms with Gasteiger partial charge in [0, 0.05) is 29.9 Å². The van der Waals surface area contributed by atoms with Gasteiger partial charge in [0.25, 0.3) is 0 Å². The highest BCUT2D eigenvalue weighted by atomic mass is 16.6. The van der Waals surface area contributed by atoms with Crippen molar-refractivity contribution in [3.8, 4) is 23.1 Å². The Kier molecular flexibility index (Phi) is 10.7. The van der Waals surface area contributed by atoms with Gasteiger partial charge in [-0.1, -0.05) is 0 Å². The molecule has 37 heavy (non-hydrogen) atoms. The molecule has 0 atom stereocenters. The highest BCUT2D eigenvalue weighted by molar-refractivity contribution is 5.85. The number of alkyl carbamates (subject to hydrolysis) is 1. The van der Waals surface area contributed by atoms with Gasteiger partial charge in [0.1, 0.15) is 35.4 Å².